The maximum atomic E-state index is 12.5. The molecule has 0 unspecified atom stereocenters. The van der Waals surface area contributed by atoms with Crippen molar-refractivity contribution in [1.29, 1.82) is 5.26 Å². The van der Waals surface area contributed by atoms with Gasteiger partial charge in [-0.3, -0.25) is 4.79 Å². The number of aryl methyl sites for hydroxylation is 1. The second-order valence-electron chi connectivity index (χ2n) is 6.23. The highest BCUT2D eigenvalue weighted by Gasteiger charge is 2.22. The van der Waals surface area contributed by atoms with Gasteiger partial charge in [-0.25, -0.2) is 0 Å². The zero-order valence-corrected chi connectivity index (χ0v) is 13.8. The summed E-state index contributed by atoms with van der Waals surface area (Å²) < 4.78 is 1.53. The Morgan fingerprint density at radius 2 is 2.04 bits per heavy atom. The van der Waals surface area contributed by atoms with Crippen molar-refractivity contribution < 1.29 is 5.11 Å². The third-order valence-corrected chi connectivity index (χ3v) is 4.77. The quantitative estimate of drug-likeness (QED) is 0.884. The van der Waals surface area contributed by atoms with Crippen LogP contribution in [-0.4, -0.2) is 46.9 Å². The van der Waals surface area contributed by atoms with Gasteiger partial charge in [0.15, 0.2) is 0 Å². The van der Waals surface area contributed by atoms with Crippen molar-refractivity contribution >= 4 is 16.6 Å². The molecule has 2 heterocycles. The van der Waals surface area contributed by atoms with E-state index in [4.69, 9.17) is 5.11 Å². The van der Waals surface area contributed by atoms with Crippen LogP contribution in [0.25, 0.3) is 10.9 Å². The molecule has 1 aliphatic rings. The Bertz CT molecular complexity index is 829. The number of nitrogens with one attached hydrogen (secondary N) is 1. The van der Waals surface area contributed by atoms with Crippen molar-refractivity contribution in [3.05, 3.63) is 40.2 Å². The number of aliphatic hydroxyl groups is 1. The number of benzene rings is 1. The standard InChI is InChI=1S/C18H22N4O2/c1-21-16-5-3-2-4-14(16)17(15(12-19)18(21)24)20-13-6-8-22(9-7-13)10-11-23/h2-5,13,20,23H,6-11H2,1H3. The Hall–Kier alpha value is -2.36. The highest BCUT2D eigenvalue weighted by molar-refractivity contribution is 5.94. The molecule has 2 aromatic rings. The number of anilines is 1. The molecule has 0 radical (unpaired) electrons. The molecule has 24 heavy (non-hydrogen) atoms. The Labute approximate surface area is 140 Å². The summed E-state index contributed by atoms with van der Waals surface area (Å²) in [6.45, 7) is 2.69. The fourth-order valence-electron chi connectivity index (χ4n) is 3.40. The molecule has 2 N–H and O–H groups in total. The first-order valence-electron chi connectivity index (χ1n) is 8.27. The number of piperidine rings is 1. The second kappa shape index (κ2) is 7.04. The van der Waals surface area contributed by atoms with Crippen LogP contribution in [0.5, 0.6) is 0 Å². The number of hydrogen-bond acceptors (Lipinski definition) is 5. The largest absolute Gasteiger partial charge is 0.395 e. The van der Waals surface area contributed by atoms with Crippen LogP contribution < -0.4 is 10.9 Å². The predicted molar refractivity (Wildman–Crippen MR) is 94.1 cm³/mol. The topological polar surface area (TPSA) is 81.3 Å². The third kappa shape index (κ3) is 3.01. The number of rotatable bonds is 4. The van der Waals surface area contributed by atoms with Gasteiger partial charge in [0.25, 0.3) is 5.56 Å². The van der Waals surface area contributed by atoms with E-state index in [-0.39, 0.29) is 23.8 Å². The van der Waals surface area contributed by atoms with E-state index in [0.29, 0.717) is 12.2 Å². The molecule has 1 aromatic heterocycles. The van der Waals surface area contributed by atoms with Crippen LogP contribution in [0, 0.1) is 11.3 Å². The number of nitriles is 1. The van der Waals surface area contributed by atoms with Crippen LogP contribution >= 0.6 is 0 Å². The summed E-state index contributed by atoms with van der Waals surface area (Å²) in [4.78, 5) is 14.7. The lowest BCUT2D eigenvalue weighted by atomic mass is 10.0. The number of aromatic nitrogens is 1. The Balaban J connectivity index is 1.94. The van der Waals surface area contributed by atoms with Gasteiger partial charge in [-0.1, -0.05) is 18.2 Å². The number of nitrogens with zero attached hydrogens (tertiary/aromatic N) is 3. The number of aliphatic hydroxyl groups excluding tert-OH is 1. The lowest BCUT2D eigenvalue weighted by Crippen LogP contribution is -2.40. The summed E-state index contributed by atoms with van der Waals surface area (Å²) in [5.41, 5.74) is 1.38. The van der Waals surface area contributed by atoms with Gasteiger partial charge in [0.2, 0.25) is 0 Å². The monoisotopic (exact) mass is 326 g/mol. The number of pyridine rings is 1. The number of para-hydroxylation sites is 1. The van der Waals surface area contributed by atoms with E-state index in [2.05, 4.69) is 16.3 Å². The summed E-state index contributed by atoms with van der Waals surface area (Å²) in [6, 6.07) is 9.95. The second-order valence-corrected chi connectivity index (χ2v) is 6.23. The van der Waals surface area contributed by atoms with Gasteiger partial charge in [0.05, 0.1) is 17.8 Å². The van der Waals surface area contributed by atoms with E-state index in [1.165, 1.54) is 4.57 Å². The van der Waals surface area contributed by atoms with E-state index < -0.39 is 0 Å². The van der Waals surface area contributed by atoms with Gasteiger partial charge in [0, 0.05) is 38.1 Å². The van der Waals surface area contributed by atoms with Gasteiger partial charge >= 0.3 is 0 Å². The molecule has 0 saturated carbocycles. The summed E-state index contributed by atoms with van der Waals surface area (Å²) in [5, 5.41) is 22.9. The highest BCUT2D eigenvalue weighted by Crippen LogP contribution is 2.27. The number of fused-ring (bicyclic) bond motifs is 1. The van der Waals surface area contributed by atoms with E-state index in [1.54, 1.807) is 7.05 Å². The van der Waals surface area contributed by atoms with Gasteiger partial charge in [-0.2, -0.15) is 5.26 Å². The minimum atomic E-state index is -0.267. The fourth-order valence-corrected chi connectivity index (χ4v) is 3.40. The van der Waals surface area contributed by atoms with E-state index in [0.717, 1.165) is 36.8 Å². The van der Waals surface area contributed by atoms with Crippen LogP contribution in [0.3, 0.4) is 0 Å². The number of likely N-dealkylation sites (tertiary alicyclic amines) is 1. The van der Waals surface area contributed by atoms with Crippen molar-refractivity contribution in [2.75, 3.05) is 31.6 Å². The molecule has 1 aliphatic heterocycles. The molecular weight excluding hydrogens is 304 g/mol. The molecule has 0 aliphatic carbocycles. The van der Waals surface area contributed by atoms with E-state index >= 15 is 0 Å². The van der Waals surface area contributed by atoms with Gasteiger partial charge in [-0.15, -0.1) is 0 Å². The van der Waals surface area contributed by atoms with Crippen LogP contribution in [-0.2, 0) is 7.05 Å². The van der Waals surface area contributed by atoms with Crippen LogP contribution in [0.4, 0.5) is 5.69 Å². The molecule has 3 rings (SSSR count). The summed E-state index contributed by atoms with van der Waals surface area (Å²) in [5.74, 6) is 0. The summed E-state index contributed by atoms with van der Waals surface area (Å²) in [7, 11) is 1.70. The van der Waals surface area contributed by atoms with Crippen molar-refractivity contribution in [2.24, 2.45) is 7.05 Å². The molecule has 6 nitrogen and oxygen atoms in total. The fraction of sp³-hybridized carbons (Fsp3) is 0.444. The van der Waals surface area contributed by atoms with Gasteiger partial charge in [-0.05, 0) is 18.9 Å². The Kier molecular flexibility index (Phi) is 4.84. The van der Waals surface area contributed by atoms with Gasteiger partial charge < -0.3 is 19.9 Å². The molecule has 1 fully saturated rings. The lowest BCUT2D eigenvalue weighted by molar-refractivity contribution is 0.168. The summed E-state index contributed by atoms with van der Waals surface area (Å²) in [6.07, 6.45) is 1.85. The first-order chi connectivity index (χ1) is 11.7. The van der Waals surface area contributed by atoms with E-state index in [1.807, 2.05) is 24.3 Å². The normalized spacial score (nSPS) is 16.2. The average Bonchev–Trinajstić information content (AvgIpc) is 2.61. The third-order valence-electron chi connectivity index (χ3n) is 4.77. The Morgan fingerprint density at radius 3 is 2.71 bits per heavy atom. The van der Waals surface area contributed by atoms with Crippen LogP contribution in [0.15, 0.2) is 29.1 Å². The zero-order chi connectivity index (χ0) is 17.1. The maximum absolute atomic E-state index is 12.5. The maximum Gasteiger partial charge on any atom is 0.270 e. The van der Waals surface area contributed by atoms with Crippen molar-refractivity contribution in [3.8, 4) is 6.07 Å². The molecular formula is C18H22N4O2. The minimum absolute atomic E-state index is 0.175. The molecule has 6 heteroatoms. The van der Waals surface area contributed by atoms with Gasteiger partial charge in [0.1, 0.15) is 11.6 Å². The predicted octanol–water partition coefficient (Wildman–Crippen LogP) is 1.28. The molecule has 0 amide bonds. The smallest absolute Gasteiger partial charge is 0.270 e. The van der Waals surface area contributed by atoms with E-state index in [9.17, 15) is 10.1 Å². The first kappa shape index (κ1) is 16.5. The number of β-amino-alcohol motifs (C(OH)–C–C–N with tert-alkyl or cyclic N) is 1. The average molecular weight is 326 g/mol. The lowest BCUT2D eigenvalue weighted by Gasteiger charge is -2.32. The SMILES string of the molecule is Cn1c(=O)c(C#N)c(NC2CCN(CCO)CC2)c2ccccc21. The molecule has 0 spiro atoms. The van der Waals surface area contributed by atoms with Crippen molar-refractivity contribution in [3.63, 3.8) is 0 Å². The minimum Gasteiger partial charge on any atom is -0.395 e. The Morgan fingerprint density at radius 1 is 1.33 bits per heavy atom. The first-order valence-corrected chi connectivity index (χ1v) is 8.27. The molecule has 126 valence electrons. The zero-order valence-electron chi connectivity index (χ0n) is 13.8. The van der Waals surface area contributed by atoms with Crippen LogP contribution in [0.1, 0.15) is 18.4 Å². The molecule has 0 bridgehead atoms. The summed E-state index contributed by atoms with van der Waals surface area (Å²) >= 11 is 0. The highest BCUT2D eigenvalue weighted by atomic mass is 16.3. The van der Waals surface area contributed by atoms with Crippen molar-refractivity contribution in [1.82, 2.24) is 9.47 Å². The van der Waals surface area contributed by atoms with Crippen LogP contribution in [0.2, 0.25) is 0 Å². The molecule has 0 atom stereocenters. The molecule has 1 saturated heterocycles. The number of hydrogen-bond donors (Lipinski definition) is 2. The van der Waals surface area contributed by atoms with Crippen molar-refractivity contribution in [2.45, 2.75) is 18.9 Å². The molecule has 1 aromatic carbocycles.